The van der Waals surface area contributed by atoms with Gasteiger partial charge in [-0.05, 0) is 73.0 Å². The number of aromatic nitrogens is 1. The summed E-state index contributed by atoms with van der Waals surface area (Å²) in [5.41, 5.74) is 7.06. The topological polar surface area (TPSA) is 45.7 Å². The molecule has 5 rings (SSSR count). The van der Waals surface area contributed by atoms with E-state index in [1.165, 1.54) is 47.2 Å². The van der Waals surface area contributed by atoms with Gasteiger partial charge in [-0.25, -0.2) is 4.98 Å². The van der Waals surface area contributed by atoms with Crippen LogP contribution in [0.4, 0.5) is 0 Å². The molecule has 1 amide bonds. The third kappa shape index (κ3) is 4.85. The van der Waals surface area contributed by atoms with Crippen LogP contribution in [0.3, 0.4) is 0 Å². The van der Waals surface area contributed by atoms with Crippen molar-refractivity contribution in [3.05, 3.63) is 83.0 Å². The SMILES string of the molecule is COc1ccc(C(=O)N2CCc3cc(-c4ccc(CCN5CCCC5C)cc4)ccc3C2)cn1. The quantitative estimate of drug-likeness (QED) is 0.526. The Hall–Kier alpha value is -3.18. The average molecular weight is 456 g/mol. The Morgan fingerprint density at radius 2 is 1.85 bits per heavy atom. The van der Waals surface area contributed by atoms with Gasteiger partial charge < -0.3 is 14.5 Å². The Bertz CT molecular complexity index is 1140. The van der Waals surface area contributed by atoms with Gasteiger partial charge in [0.1, 0.15) is 0 Å². The number of ether oxygens (including phenoxy) is 1. The average Bonchev–Trinajstić information content (AvgIpc) is 3.31. The summed E-state index contributed by atoms with van der Waals surface area (Å²) < 4.78 is 5.09. The molecule has 3 aromatic rings. The lowest BCUT2D eigenvalue weighted by Gasteiger charge is -2.29. The maximum Gasteiger partial charge on any atom is 0.255 e. The standard InChI is InChI=1S/C29H33N3O2/c1-21-4-3-15-31(21)16-13-22-5-7-23(8-6-22)24-9-10-27-20-32(17-14-25(27)18-24)29(33)26-11-12-28(34-2)30-19-26/h5-12,18-19,21H,3-4,13-17,20H2,1-2H3. The minimum Gasteiger partial charge on any atom is -0.481 e. The number of hydrogen-bond donors (Lipinski definition) is 0. The number of carbonyl (C=O) groups excluding carboxylic acids is 1. The molecule has 2 aromatic carbocycles. The lowest BCUT2D eigenvalue weighted by Crippen LogP contribution is -2.36. The molecule has 0 radical (unpaired) electrons. The smallest absolute Gasteiger partial charge is 0.255 e. The van der Waals surface area contributed by atoms with Crippen LogP contribution in [-0.4, -0.2) is 53.5 Å². The number of pyridine rings is 1. The molecule has 0 spiro atoms. The highest BCUT2D eigenvalue weighted by Crippen LogP contribution is 2.28. The maximum atomic E-state index is 12.9. The predicted octanol–water partition coefficient (Wildman–Crippen LogP) is 4.98. The number of likely N-dealkylation sites (tertiary alicyclic amines) is 1. The second-order valence-corrected chi connectivity index (χ2v) is 9.52. The monoisotopic (exact) mass is 455 g/mol. The molecular weight excluding hydrogens is 422 g/mol. The van der Waals surface area contributed by atoms with Crippen LogP contribution in [-0.2, 0) is 19.4 Å². The number of nitrogens with zero attached hydrogens (tertiary/aromatic N) is 3. The van der Waals surface area contributed by atoms with Crippen LogP contribution in [0.2, 0.25) is 0 Å². The zero-order chi connectivity index (χ0) is 23.5. The molecule has 0 saturated carbocycles. The van der Waals surface area contributed by atoms with E-state index in [1.54, 1.807) is 25.4 Å². The van der Waals surface area contributed by atoms with Crippen molar-refractivity contribution in [1.82, 2.24) is 14.8 Å². The van der Waals surface area contributed by atoms with Gasteiger partial charge in [-0.1, -0.05) is 42.5 Å². The van der Waals surface area contributed by atoms with E-state index in [0.29, 0.717) is 18.0 Å². The van der Waals surface area contributed by atoms with Crippen molar-refractivity contribution in [2.24, 2.45) is 0 Å². The summed E-state index contributed by atoms with van der Waals surface area (Å²) in [5, 5.41) is 0. The van der Waals surface area contributed by atoms with Crippen molar-refractivity contribution in [1.29, 1.82) is 0 Å². The molecule has 1 unspecified atom stereocenters. The molecule has 2 aliphatic rings. The van der Waals surface area contributed by atoms with E-state index >= 15 is 0 Å². The number of rotatable bonds is 6. The summed E-state index contributed by atoms with van der Waals surface area (Å²) >= 11 is 0. The lowest BCUT2D eigenvalue weighted by molar-refractivity contribution is 0.0734. The molecule has 1 aromatic heterocycles. The fraction of sp³-hybridized carbons (Fsp3) is 0.379. The van der Waals surface area contributed by atoms with Crippen molar-refractivity contribution in [3.8, 4) is 17.0 Å². The van der Waals surface area contributed by atoms with E-state index in [2.05, 4.69) is 59.3 Å². The van der Waals surface area contributed by atoms with E-state index in [1.807, 2.05) is 4.90 Å². The Labute approximate surface area is 202 Å². The Morgan fingerprint density at radius 1 is 1.03 bits per heavy atom. The first-order valence-electron chi connectivity index (χ1n) is 12.4. The zero-order valence-electron chi connectivity index (χ0n) is 20.2. The van der Waals surface area contributed by atoms with Crippen LogP contribution in [0.15, 0.2) is 60.8 Å². The third-order valence-corrected chi connectivity index (χ3v) is 7.36. The van der Waals surface area contributed by atoms with Crippen molar-refractivity contribution < 1.29 is 9.53 Å². The molecule has 5 nitrogen and oxygen atoms in total. The summed E-state index contributed by atoms with van der Waals surface area (Å²) in [6.45, 7) is 6.09. The second-order valence-electron chi connectivity index (χ2n) is 9.52. The number of amides is 1. The summed E-state index contributed by atoms with van der Waals surface area (Å²) in [6.07, 6.45) is 6.24. The summed E-state index contributed by atoms with van der Waals surface area (Å²) in [4.78, 5) is 21.6. The van der Waals surface area contributed by atoms with Gasteiger partial charge in [0.25, 0.3) is 5.91 Å². The van der Waals surface area contributed by atoms with Crippen LogP contribution in [0, 0.1) is 0 Å². The van der Waals surface area contributed by atoms with Crippen LogP contribution in [0.5, 0.6) is 5.88 Å². The van der Waals surface area contributed by atoms with E-state index in [9.17, 15) is 4.79 Å². The van der Waals surface area contributed by atoms with Crippen LogP contribution in [0.25, 0.3) is 11.1 Å². The molecule has 34 heavy (non-hydrogen) atoms. The van der Waals surface area contributed by atoms with Gasteiger partial charge >= 0.3 is 0 Å². The van der Waals surface area contributed by atoms with Gasteiger partial charge in [-0.15, -0.1) is 0 Å². The minimum absolute atomic E-state index is 0.0174. The number of methoxy groups -OCH3 is 1. The summed E-state index contributed by atoms with van der Waals surface area (Å²) in [6, 6.07) is 20.0. The van der Waals surface area contributed by atoms with Crippen LogP contribution < -0.4 is 4.74 Å². The highest BCUT2D eigenvalue weighted by molar-refractivity contribution is 5.94. The van der Waals surface area contributed by atoms with Gasteiger partial charge in [0, 0.05) is 37.9 Å². The number of carbonyl (C=O) groups is 1. The van der Waals surface area contributed by atoms with E-state index in [4.69, 9.17) is 4.74 Å². The lowest BCUT2D eigenvalue weighted by atomic mass is 9.94. The van der Waals surface area contributed by atoms with Crippen molar-refractivity contribution in [3.63, 3.8) is 0 Å². The zero-order valence-corrected chi connectivity index (χ0v) is 20.2. The van der Waals surface area contributed by atoms with Gasteiger partial charge in [0.15, 0.2) is 0 Å². The first-order chi connectivity index (χ1) is 16.6. The molecular formula is C29H33N3O2. The van der Waals surface area contributed by atoms with E-state index < -0.39 is 0 Å². The minimum atomic E-state index is 0.0174. The molecule has 0 aliphatic carbocycles. The van der Waals surface area contributed by atoms with Crippen molar-refractivity contribution in [2.75, 3.05) is 26.7 Å². The highest BCUT2D eigenvalue weighted by atomic mass is 16.5. The summed E-state index contributed by atoms with van der Waals surface area (Å²) in [5.74, 6) is 0.533. The van der Waals surface area contributed by atoms with Crippen molar-refractivity contribution in [2.45, 2.75) is 45.2 Å². The van der Waals surface area contributed by atoms with Crippen LogP contribution in [0.1, 0.15) is 46.8 Å². The first-order valence-corrected chi connectivity index (χ1v) is 12.4. The third-order valence-electron chi connectivity index (χ3n) is 7.36. The Morgan fingerprint density at radius 3 is 2.56 bits per heavy atom. The van der Waals surface area contributed by atoms with E-state index in [0.717, 1.165) is 32.0 Å². The van der Waals surface area contributed by atoms with Gasteiger partial charge in [0.05, 0.1) is 12.7 Å². The molecule has 5 heteroatoms. The Kier molecular flexibility index (Phi) is 6.63. The first kappa shape index (κ1) is 22.6. The fourth-order valence-corrected chi connectivity index (χ4v) is 5.18. The largest absolute Gasteiger partial charge is 0.481 e. The number of fused-ring (bicyclic) bond motifs is 1. The van der Waals surface area contributed by atoms with Crippen molar-refractivity contribution >= 4 is 5.91 Å². The highest BCUT2D eigenvalue weighted by Gasteiger charge is 2.23. The number of benzene rings is 2. The molecule has 1 saturated heterocycles. The van der Waals surface area contributed by atoms with Gasteiger partial charge in [0.2, 0.25) is 5.88 Å². The normalized spacial score (nSPS) is 18.1. The number of hydrogen-bond acceptors (Lipinski definition) is 4. The molecule has 176 valence electrons. The maximum absolute atomic E-state index is 12.9. The van der Waals surface area contributed by atoms with Gasteiger partial charge in [-0.3, -0.25) is 4.79 Å². The molecule has 2 aliphatic heterocycles. The fourth-order valence-electron chi connectivity index (χ4n) is 5.18. The predicted molar refractivity (Wildman–Crippen MR) is 135 cm³/mol. The molecule has 0 N–H and O–H groups in total. The van der Waals surface area contributed by atoms with Gasteiger partial charge in [-0.2, -0.15) is 0 Å². The summed E-state index contributed by atoms with van der Waals surface area (Å²) in [7, 11) is 1.57. The van der Waals surface area contributed by atoms with E-state index in [-0.39, 0.29) is 5.91 Å². The molecule has 1 fully saturated rings. The molecule has 0 bridgehead atoms. The Balaban J connectivity index is 1.23. The van der Waals surface area contributed by atoms with Crippen LogP contribution >= 0.6 is 0 Å². The molecule has 3 heterocycles. The second kappa shape index (κ2) is 9.98. The molecule has 1 atom stereocenters.